The van der Waals surface area contributed by atoms with E-state index in [-0.39, 0.29) is 6.07 Å². The number of nitrogens with one attached hydrogen (secondary N) is 1. The summed E-state index contributed by atoms with van der Waals surface area (Å²) >= 11 is 0. The summed E-state index contributed by atoms with van der Waals surface area (Å²) in [5.74, 6) is -5.30. The van der Waals surface area contributed by atoms with Crippen LogP contribution in [-0.4, -0.2) is 27.0 Å². The van der Waals surface area contributed by atoms with Gasteiger partial charge in [0.15, 0.2) is 11.6 Å². The van der Waals surface area contributed by atoms with E-state index in [1.165, 1.54) is 0 Å². The Kier molecular flexibility index (Phi) is 7.15. The zero-order valence-corrected chi connectivity index (χ0v) is 15.8. The van der Waals surface area contributed by atoms with Crippen molar-refractivity contribution in [3.05, 3.63) is 59.4 Å². The van der Waals surface area contributed by atoms with Crippen molar-refractivity contribution < 1.29 is 52.7 Å². The molecule has 2 aromatic rings. The maximum absolute atomic E-state index is 13.8. The number of rotatable bonds is 7. The molecule has 2 rings (SSSR count). The fourth-order valence-corrected chi connectivity index (χ4v) is 3.76. The lowest BCUT2D eigenvalue weighted by Gasteiger charge is -2.21. The maximum Gasteiger partial charge on any atom is 0.573 e. The van der Waals surface area contributed by atoms with E-state index < -0.39 is 75.1 Å². The molecule has 0 radical (unpaired) electrons. The number of hydrogen-bond donors (Lipinski definition) is 1. The Morgan fingerprint density at radius 1 is 0.871 bits per heavy atom. The van der Waals surface area contributed by atoms with Gasteiger partial charge >= 0.3 is 12.5 Å². The molecule has 4 nitrogen and oxygen atoms in total. The molecular formula is C17H12F9NO3S. The maximum atomic E-state index is 13.8. The highest BCUT2D eigenvalue weighted by molar-refractivity contribution is 7.89. The van der Waals surface area contributed by atoms with Gasteiger partial charge in [0.1, 0.15) is 11.6 Å². The average molecular weight is 481 g/mol. The predicted octanol–water partition coefficient (Wildman–Crippen LogP) is 4.84. The van der Waals surface area contributed by atoms with Crippen molar-refractivity contribution in [2.24, 2.45) is 0 Å². The van der Waals surface area contributed by atoms with Crippen LogP contribution in [0, 0.1) is 17.5 Å². The Labute approximate surface area is 169 Å². The summed E-state index contributed by atoms with van der Waals surface area (Å²) < 4.78 is 145. The zero-order chi connectivity index (χ0) is 23.6. The molecule has 1 N–H and O–H groups in total. The van der Waals surface area contributed by atoms with Crippen LogP contribution in [0.25, 0.3) is 0 Å². The largest absolute Gasteiger partial charge is 0.573 e. The van der Waals surface area contributed by atoms with Crippen molar-refractivity contribution in [2.45, 2.75) is 36.3 Å². The highest BCUT2D eigenvalue weighted by Gasteiger charge is 2.35. The van der Waals surface area contributed by atoms with E-state index >= 15 is 0 Å². The fraction of sp³-hybridized carbons (Fsp3) is 0.294. The van der Waals surface area contributed by atoms with Crippen LogP contribution in [0.1, 0.15) is 12.0 Å². The first-order valence-electron chi connectivity index (χ1n) is 8.14. The molecule has 0 saturated heterocycles. The van der Waals surface area contributed by atoms with Gasteiger partial charge in [-0.25, -0.2) is 26.3 Å². The minimum Gasteiger partial charge on any atom is -0.406 e. The van der Waals surface area contributed by atoms with Gasteiger partial charge in [-0.1, -0.05) is 0 Å². The summed E-state index contributed by atoms with van der Waals surface area (Å²) in [5.41, 5.74) is -0.718. The first-order chi connectivity index (χ1) is 14.1. The summed E-state index contributed by atoms with van der Waals surface area (Å²) in [5, 5.41) is 0. The standard InChI is InChI=1S/C17H12F9NO3S/c18-13-7-15(20)14(19)6-9(13)5-10(8-16(21,22)23)27-31(28,29)12-3-1-11(2-4-12)30-17(24,25)26/h1-4,6-7,10,27H,5,8H2/t10-/m1/s1. The molecule has 0 aliphatic heterocycles. The number of hydrogen-bond acceptors (Lipinski definition) is 3. The summed E-state index contributed by atoms with van der Waals surface area (Å²) in [7, 11) is -4.72. The molecule has 0 aliphatic carbocycles. The highest BCUT2D eigenvalue weighted by Crippen LogP contribution is 2.27. The van der Waals surface area contributed by atoms with Crippen LogP contribution < -0.4 is 9.46 Å². The van der Waals surface area contributed by atoms with Gasteiger partial charge in [-0.3, -0.25) is 0 Å². The molecule has 0 saturated carbocycles. The molecule has 0 heterocycles. The summed E-state index contributed by atoms with van der Waals surface area (Å²) in [6, 6.07) is 0.897. The molecule has 0 amide bonds. The van der Waals surface area contributed by atoms with E-state index in [1.807, 2.05) is 0 Å². The van der Waals surface area contributed by atoms with Crippen molar-refractivity contribution in [3.8, 4) is 5.75 Å². The highest BCUT2D eigenvalue weighted by atomic mass is 32.2. The van der Waals surface area contributed by atoms with Crippen LogP contribution in [0.15, 0.2) is 41.3 Å². The van der Waals surface area contributed by atoms with Gasteiger partial charge in [-0.2, -0.15) is 13.2 Å². The number of sulfonamides is 1. The Balaban J connectivity index is 2.28. The molecule has 0 spiro atoms. The van der Waals surface area contributed by atoms with E-state index in [0.717, 1.165) is 0 Å². The smallest absolute Gasteiger partial charge is 0.406 e. The summed E-state index contributed by atoms with van der Waals surface area (Å²) in [6.07, 6.45) is -12.8. The lowest BCUT2D eigenvalue weighted by Crippen LogP contribution is -2.39. The van der Waals surface area contributed by atoms with Gasteiger partial charge in [-0.15, -0.1) is 13.2 Å². The number of benzene rings is 2. The Hall–Kier alpha value is -2.48. The lowest BCUT2D eigenvalue weighted by atomic mass is 10.0. The second kappa shape index (κ2) is 8.94. The van der Waals surface area contributed by atoms with Crippen molar-refractivity contribution in [1.82, 2.24) is 4.72 Å². The molecule has 172 valence electrons. The Morgan fingerprint density at radius 3 is 1.94 bits per heavy atom. The zero-order valence-electron chi connectivity index (χ0n) is 15.0. The third-order valence-corrected chi connectivity index (χ3v) is 5.26. The predicted molar refractivity (Wildman–Crippen MR) is 87.9 cm³/mol. The van der Waals surface area contributed by atoms with Gasteiger partial charge in [0, 0.05) is 12.1 Å². The molecule has 1 atom stereocenters. The van der Waals surface area contributed by atoms with E-state index in [4.69, 9.17) is 0 Å². The van der Waals surface area contributed by atoms with Gasteiger partial charge in [0.05, 0.1) is 11.3 Å². The molecule has 0 bridgehead atoms. The molecule has 31 heavy (non-hydrogen) atoms. The summed E-state index contributed by atoms with van der Waals surface area (Å²) in [6.45, 7) is 0. The molecule has 14 heteroatoms. The lowest BCUT2D eigenvalue weighted by molar-refractivity contribution is -0.274. The van der Waals surface area contributed by atoms with Crippen molar-refractivity contribution in [2.75, 3.05) is 0 Å². The third-order valence-electron chi connectivity index (χ3n) is 3.72. The fourth-order valence-electron chi connectivity index (χ4n) is 2.53. The van der Waals surface area contributed by atoms with E-state index in [9.17, 15) is 47.9 Å². The van der Waals surface area contributed by atoms with Crippen molar-refractivity contribution >= 4 is 10.0 Å². The minimum absolute atomic E-state index is 0.100. The minimum atomic E-state index is -5.05. The van der Waals surface area contributed by atoms with Gasteiger partial charge < -0.3 is 4.74 Å². The molecule has 2 aromatic carbocycles. The molecule has 0 aliphatic rings. The number of ether oxygens (including phenoxy) is 1. The van der Waals surface area contributed by atoms with Crippen LogP contribution in [0.2, 0.25) is 0 Å². The quantitative estimate of drug-likeness (QED) is 0.455. The van der Waals surface area contributed by atoms with E-state index in [1.54, 1.807) is 4.72 Å². The monoisotopic (exact) mass is 481 g/mol. The number of halogens is 9. The first-order valence-corrected chi connectivity index (χ1v) is 9.62. The van der Waals surface area contributed by atoms with Gasteiger partial charge in [0.2, 0.25) is 10.0 Å². The van der Waals surface area contributed by atoms with Crippen LogP contribution >= 0.6 is 0 Å². The Bertz CT molecular complexity index is 1020. The van der Waals surface area contributed by atoms with Crippen LogP contribution in [0.5, 0.6) is 5.75 Å². The van der Waals surface area contributed by atoms with Gasteiger partial charge in [0.25, 0.3) is 0 Å². The second-order valence-corrected chi connectivity index (χ2v) is 7.93. The van der Waals surface area contributed by atoms with Crippen LogP contribution in [0.3, 0.4) is 0 Å². The number of alkyl halides is 6. The average Bonchev–Trinajstić information content (AvgIpc) is 2.57. The first kappa shape index (κ1) is 24.8. The normalized spacial score (nSPS) is 13.8. The molecular weight excluding hydrogens is 469 g/mol. The topological polar surface area (TPSA) is 55.4 Å². The second-order valence-electron chi connectivity index (χ2n) is 6.22. The van der Waals surface area contributed by atoms with E-state index in [0.29, 0.717) is 30.3 Å². The van der Waals surface area contributed by atoms with Crippen LogP contribution in [0.4, 0.5) is 39.5 Å². The Morgan fingerprint density at radius 2 is 1.42 bits per heavy atom. The van der Waals surface area contributed by atoms with Crippen LogP contribution in [-0.2, 0) is 16.4 Å². The third kappa shape index (κ3) is 7.61. The van der Waals surface area contributed by atoms with Gasteiger partial charge in [-0.05, 0) is 42.3 Å². The molecule has 0 unspecified atom stereocenters. The summed E-state index contributed by atoms with van der Waals surface area (Å²) in [4.78, 5) is -0.708. The van der Waals surface area contributed by atoms with Crippen molar-refractivity contribution in [1.29, 1.82) is 0 Å². The van der Waals surface area contributed by atoms with Crippen molar-refractivity contribution in [3.63, 3.8) is 0 Å². The SMILES string of the molecule is O=S(=O)(N[C@H](Cc1cc(F)c(F)cc1F)CC(F)(F)F)c1ccc(OC(F)(F)F)cc1. The molecule has 0 fully saturated rings. The van der Waals surface area contributed by atoms with E-state index in [2.05, 4.69) is 4.74 Å². The molecule has 0 aromatic heterocycles.